The molecule has 1 aromatic carbocycles. The van der Waals surface area contributed by atoms with E-state index in [1.54, 1.807) is 7.11 Å². The van der Waals surface area contributed by atoms with Crippen molar-refractivity contribution >= 4 is 16.1 Å². The predicted octanol–water partition coefficient (Wildman–Crippen LogP) is 1.17. The van der Waals surface area contributed by atoms with Gasteiger partial charge in [-0.3, -0.25) is 0 Å². The molecule has 0 radical (unpaired) electrons. The second kappa shape index (κ2) is 8.16. The Morgan fingerprint density at radius 2 is 2.04 bits per heavy atom. The first-order valence-electron chi connectivity index (χ1n) is 9.35. The number of ether oxygens (including phenoxy) is 1. The highest BCUT2D eigenvalue weighted by atomic mass is 32.2. The van der Waals surface area contributed by atoms with Crippen LogP contribution in [-0.4, -0.2) is 76.4 Å². The molecule has 27 heavy (non-hydrogen) atoms. The number of benzene rings is 1. The molecule has 2 atom stereocenters. The second-order valence-electron chi connectivity index (χ2n) is 7.71. The Bertz CT molecular complexity index is 755. The van der Waals surface area contributed by atoms with Gasteiger partial charge in [-0.1, -0.05) is 30.3 Å². The van der Waals surface area contributed by atoms with Crippen LogP contribution < -0.4 is 5.32 Å². The summed E-state index contributed by atoms with van der Waals surface area (Å²) in [7, 11) is -1.59. The molecule has 0 saturated carbocycles. The summed E-state index contributed by atoms with van der Waals surface area (Å²) in [5, 5.41) is 2.99. The number of nitrogens with one attached hydrogen (secondary N) is 1. The average Bonchev–Trinajstić information content (AvgIpc) is 3.01. The zero-order chi connectivity index (χ0) is 19.5. The van der Waals surface area contributed by atoms with E-state index >= 15 is 0 Å². The lowest BCUT2D eigenvalue weighted by molar-refractivity contribution is 0.0116. The Morgan fingerprint density at radius 3 is 2.70 bits per heavy atom. The maximum absolute atomic E-state index is 12.6. The molecular weight excluding hydrogens is 366 g/mol. The van der Waals surface area contributed by atoms with E-state index in [0.717, 1.165) is 12.8 Å². The summed E-state index contributed by atoms with van der Waals surface area (Å²) in [5.41, 5.74) is 0.994. The summed E-state index contributed by atoms with van der Waals surface area (Å²) >= 11 is 0. The van der Waals surface area contributed by atoms with Crippen LogP contribution in [0.1, 0.15) is 12.0 Å². The van der Waals surface area contributed by atoms with Crippen LogP contribution in [-0.2, 0) is 21.2 Å². The van der Waals surface area contributed by atoms with Crippen LogP contribution >= 0.6 is 0 Å². The maximum Gasteiger partial charge on any atom is 0.317 e. The van der Waals surface area contributed by atoms with E-state index in [4.69, 9.17) is 4.74 Å². The van der Waals surface area contributed by atoms with Crippen LogP contribution in [0, 0.1) is 11.3 Å². The van der Waals surface area contributed by atoms with Gasteiger partial charge in [0.2, 0.25) is 10.0 Å². The molecular formula is C19H29N3O4S. The van der Waals surface area contributed by atoms with Gasteiger partial charge in [0, 0.05) is 45.2 Å². The van der Waals surface area contributed by atoms with Crippen LogP contribution in [0.25, 0.3) is 0 Å². The Morgan fingerprint density at radius 1 is 1.30 bits per heavy atom. The highest BCUT2D eigenvalue weighted by Crippen LogP contribution is 2.43. The Balaban J connectivity index is 1.58. The molecule has 1 aromatic rings. The van der Waals surface area contributed by atoms with Crippen LogP contribution in [0.4, 0.5) is 4.79 Å². The first-order chi connectivity index (χ1) is 12.8. The van der Waals surface area contributed by atoms with Gasteiger partial charge in [-0.05, 0) is 24.3 Å². The maximum atomic E-state index is 12.6. The Kier molecular flexibility index (Phi) is 6.08. The summed E-state index contributed by atoms with van der Waals surface area (Å²) in [6, 6.07) is 9.98. The molecule has 0 bridgehead atoms. The van der Waals surface area contributed by atoms with Crippen LogP contribution in [0.15, 0.2) is 30.3 Å². The highest BCUT2D eigenvalue weighted by Gasteiger charge is 2.52. The molecule has 0 spiro atoms. The van der Waals surface area contributed by atoms with Crippen molar-refractivity contribution in [3.8, 4) is 0 Å². The van der Waals surface area contributed by atoms with Crippen LogP contribution in [0.3, 0.4) is 0 Å². The first kappa shape index (κ1) is 20.1. The van der Waals surface area contributed by atoms with Gasteiger partial charge in [0.15, 0.2) is 0 Å². The van der Waals surface area contributed by atoms with Gasteiger partial charge in [0.25, 0.3) is 0 Å². The van der Waals surface area contributed by atoms with Gasteiger partial charge in [-0.25, -0.2) is 17.5 Å². The van der Waals surface area contributed by atoms with Gasteiger partial charge in [0.05, 0.1) is 12.9 Å². The molecule has 3 rings (SSSR count). The van der Waals surface area contributed by atoms with E-state index in [-0.39, 0.29) is 17.4 Å². The standard InChI is InChI=1S/C19H29N3O4S/c1-26-15-19-9-11-21(12-17(19)13-22(14-19)27(2,24)25)18(23)20-10-8-16-6-4-3-5-7-16/h3-7,17H,8-15H2,1-2H3,(H,20,23). The van der Waals surface area contributed by atoms with Crippen molar-refractivity contribution in [3.05, 3.63) is 35.9 Å². The summed E-state index contributed by atoms with van der Waals surface area (Å²) in [4.78, 5) is 14.4. The normalized spacial score (nSPS) is 26.0. The lowest BCUT2D eigenvalue weighted by Crippen LogP contribution is -2.53. The number of fused-ring (bicyclic) bond motifs is 1. The van der Waals surface area contributed by atoms with Crippen LogP contribution in [0.5, 0.6) is 0 Å². The van der Waals surface area contributed by atoms with Crippen molar-refractivity contribution in [2.24, 2.45) is 11.3 Å². The molecule has 150 valence electrons. The number of likely N-dealkylation sites (tertiary alicyclic amines) is 1. The molecule has 0 aromatic heterocycles. The van der Waals surface area contributed by atoms with Crippen molar-refractivity contribution in [1.29, 1.82) is 0 Å². The number of hydrogen-bond donors (Lipinski definition) is 1. The minimum atomic E-state index is -3.24. The van der Waals surface area contributed by atoms with Crippen molar-refractivity contribution in [2.45, 2.75) is 12.8 Å². The van der Waals surface area contributed by atoms with E-state index in [9.17, 15) is 13.2 Å². The lowest BCUT2D eigenvalue weighted by atomic mass is 9.73. The molecule has 2 aliphatic rings. The zero-order valence-corrected chi connectivity index (χ0v) is 16.9. The number of carbonyl (C=O) groups is 1. The zero-order valence-electron chi connectivity index (χ0n) is 16.1. The first-order valence-corrected chi connectivity index (χ1v) is 11.2. The molecule has 0 aliphatic carbocycles. The molecule has 2 amide bonds. The van der Waals surface area contributed by atoms with E-state index < -0.39 is 10.0 Å². The van der Waals surface area contributed by atoms with Gasteiger partial charge >= 0.3 is 6.03 Å². The number of urea groups is 1. The van der Waals surface area contributed by atoms with Crippen molar-refractivity contribution in [2.75, 3.05) is 52.7 Å². The average molecular weight is 396 g/mol. The molecule has 2 heterocycles. The fourth-order valence-electron chi connectivity index (χ4n) is 4.26. The molecule has 7 nitrogen and oxygen atoms in total. The summed E-state index contributed by atoms with van der Waals surface area (Å²) < 4.78 is 31.0. The molecule has 2 unspecified atom stereocenters. The number of piperidine rings is 1. The summed E-state index contributed by atoms with van der Waals surface area (Å²) in [6.07, 6.45) is 2.79. The van der Waals surface area contributed by atoms with Gasteiger partial charge in [-0.2, -0.15) is 0 Å². The number of carbonyl (C=O) groups excluding carboxylic acids is 1. The van der Waals surface area contributed by atoms with Gasteiger partial charge < -0.3 is 15.0 Å². The third-order valence-electron chi connectivity index (χ3n) is 5.82. The molecule has 2 fully saturated rings. The number of sulfonamides is 1. The van der Waals surface area contributed by atoms with E-state index in [1.807, 2.05) is 35.2 Å². The highest BCUT2D eigenvalue weighted by molar-refractivity contribution is 7.88. The quantitative estimate of drug-likeness (QED) is 0.784. The fraction of sp³-hybridized carbons (Fsp3) is 0.632. The van der Waals surface area contributed by atoms with E-state index in [1.165, 1.54) is 16.1 Å². The molecule has 2 aliphatic heterocycles. The third kappa shape index (κ3) is 4.62. The lowest BCUT2D eigenvalue weighted by Gasteiger charge is -2.43. The molecule has 1 N–H and O–H groups in total. The van der Waals surface area contributed by atoms with Crippen molar-refractivity contribution in [3.63, 3.8) is 0 Å². The third-order valence-corrected chi connectivity index (χ3v) is 7.04. The Hall–Kier alpha value is -1.64. The number of amides is 2. The number of nitrogens with zero attached hydrogens (tertiary/aromatic N) is 2. The Labute approximate surface area is 161 Å². The second-order valence-corrected chi connectivity index (χ2v) is 9.69. The number of rotatable bonds is 6. The van der Waals surface area contributed by atoms with E-state index in [0.29, 0.717) is 39.3 Å². The predicted molar refractivity (Wildman–Crippen MR) is 104 cm³/mol. The van der Waals surface area contributed by atoms with Crippen molar-refractivity contribution < 1.29 is 17.9 Å². The SMILES string of the molecule is COCC12CCN(C(=O)NCCc3ccccc3)CC1CN(S(C)(=O)=O)C2. The molecule has 8 heteroatoms. The van der Waals surface area contributed by atoms with Crippen LogP contribution in [0.2, 0.25) is 0 Å². The van der Waals surface area contributed by atoms with Gasteiger partial charge in [-0.15, -0.1) is 0 Å². The molecule has 2 saturated heterocycles. The minimum Gasteiger partial charge on any atom is -0.384 e. The number of methoxy groups -OCH3 is 1. The van der Waals surface area contributed by atoms with E-state index in [2.05, 4.69) is 5.32 Å². The van der Waals surface area contributed by atoms with Crippen molar-refractivity contribution in [1.82, 2.24) is 14.5 Å². The monoisotopic (exact) mass is 395 g/mol. The fourth-order valence-corrected chi connectivity index (χ4v) is 5.21. The summed E-state index contributed by atoms with van der Waals surface area (Å²) in [6.45, 7) is 3.22. The minimum absolute atomic E-state index is 0.0743. The smallest absolute Gasteiger partial charge is 0.317 e. The van der Waals surface area contributed by atoms with Gasteiger partial charge in [0.1, 0.15) is 0 Å². The summed E-state index contributed by atoms with van der Waals surface area (Å²) in [5.74, 6) is 0.0980. The largest absolute Gasteiger partial charge is 0.384 e. The topological polar surface area (TPSA) is 79.0 Å². The number of hydrogen-bond acceptors (Lipinski definition) is 4.